The molecule has 3 heterocycles. The minimum absolute atomic E-state index is 0.0203. The Bertz CT molecular complexity index is 1570. The lowest BCUT2D eigenvalue weighted by Crippen LogP contribution is -2.57. The number of carbonyl (C=O) groups excluding carboxylic acids is 3. The summed E-state index contributed by atoms with van der Waals surface area (Å²) < 4.78 is 40.6. The lowest BCUT2D eigenvalue weighted by Gasteiger charge is -2.38. The molecular formula is C28H31ClF3N9O3. The van der Waals surface area contributed by atoms with Gasteiger partial charge in [-0.2, -0.15) is 18.3 Å². The number of rotatable bonds is 7. The number of imidazole rings is 1. The molecule has 0 bridgehead atoms. The van der Waals surface area contributed by atoms with Gasteiger partial charge in [-0.1, -0.05) is 11.6 Å². The summed E-state index contributed by atoms with van der Waals surface area (Å²) in [5.41, 5.74) is 6.20. The monoisotopic (exact) mass is 633 g/mol. The van der Waals surface area contributed by atoms with Crippen molar-refractivity contribution in [2.24, 2.45) is 5.73 Å². The standard InChI is InChI=1S/C28H31ClF3N9O3/c29-21-12-16(3-4-19(21)26(43)40-5-7-41(8-6-40)27(44)37-17-9-15(33)10-17)36-25(42)24-34-13-18(35-24)11-20-22(14-1-2-14)38-39-23(20)28(30,31)32/h3-4,12-15,17H,1-2,5-11,33H2,(H,34,35)(H,36,42)(H,37,44)(H,38,39). The van der Waals surface area contributed by atoms with E-state index in [0.717, 1.165) is 25.7 Å². The Morgan fingerprint density at radius 1 is 1.09 bits per heavy atom. The van der Waals surface area contributed by atoms with Crippen LogP contribution in [0.25, 0.3) is 0 Å². The highest BCUT2D eigenvalue weighted by atomic mass is 35.5. The van der Waals surface area contributed by atoms with Crippen molar-refractivity contribution >= 4 is 35.1 Å². The molecule has 3 aromatic rings. The molecular weight excluding hydrogens is 603 g/mol. The number of urea groups is 1. The molecule has 0 spiro atoms. The Labute approximate surface area is 254 Å². The van der Waals surface area contributed by atoms with Gasteiger partial charge in [0, 0.05) is 79.4 Å². The molecule has 16 heteroatoms. The number of nitrogens with one attached hydrogen (secondary N) is 4. The first-order valence-electron chi connectivity index (χ1n) is 14.4. The number of benzene rings is 1. The van der Waals surface area contributed by atoms with E-state index < -0.39 is 17.8 Å². The summed E-state index contributed by atoms with van der Waals surface area (Å²) >= 11 is 6.42. The van der Waals surface area contributed by atoms with Crippen molar-refractivity contribution < 1.29 is 27.6 Å². The summed E-state index contributed by atoms with van der Waals surface area (Å²) in [6.45, 7) is 1.45. The fourth-order valence-corrected chi connectivity index (χ4v) is 5.80. The van der Waals surface area contributed by atoms with E-state index in [2.05, 4.69) is 30.8 Å². The number of alkyl halides is 3. The molecule has 1 aromatic carbocycles. The quantitative estimate of drug-likeness (QED) is 0.267. The number of anilines is 1. The third-order valence-electron chi connectivity index (χ3n) is 8.18. The number of piperazine rings is 1. The van der Waals surface area contributed by atoms with Crippen LogP contribution in [-0.4, -0.2) is 86.1 Å². The summed E-state index contributed by atoms with van der Waals surface area (Å²) in [7, 11) is 0. The summed E-state index contributed by atoms with van der Waals surface area (Å²) in [5.74, 6) is -0.998. The van der Waals surface area contributed by atoms with Crippen LogP contribution in [0.3, 0.4) is 0 Å². The van der Waals surface area contributed by atoms with Gasteiger partial charge in [-0.3, -0.25) is 14.7 Å². The van der Waals surface area contributed by atoms with E-state index in [0.29, 0.717) is 43.3 Å². The Hall–Kier alpha value is -4.11. The molecule has 234 valence electrons. The smallest absolute Gasteiger partial charge is 0.337 e. The van der Waals surface area contributed by atoms with Crippen molar-refractivity contribution in [3.63, 3.8) is 0 Å². The zero-order valence-electron chi connectivity index (χ0n) is 23.5. The molecule has 2 aliphatic carbocycles. The highest BCUT2D eigenvalue weighted by molar-refractivity contribution is 6.34. The normalized spacial score (nSPS) is 20.3. The molecule has 3 aliphatic rings. The molecule has 0 atom stereocenters. The van der Waals surface area contributed by atoms with Crippen LogP contribution in [0, 0.1) is 0 Å². The van der Waals surface area contributed by atoms with Crippen molar-refractivity contribution in [1.29, 1.82) is 0 Å². The Kier molecular flexibility index (Phi) is 8.01. The van der Waals surface area contributed by atoms with E-state index in [1.807, 2.05) is 0 Å². The van der Waals surface area contributed by atoms with Crippen LogP contribution in [0.2, 0.25) is 5.02 Å². The third kappa shape index (κ3) is 6.38. The number of nitrogens with zero attached hydrogens (tertiary/aromatic N) is 4. The van der Waals surface area contributed by atoms with Gasteiger partial charge in [0.2, 0.25) is 0 Å². The first kappa shape index (κ1) is 29.9. The van der Waals surface area contributed by atoms with Gasteiger partial charge in [0.25, 0.3) is 11.8 Å². The topological polar surface area (TPSA) is 165 Å². The first-order valence-corrected chi connectivity index (χ1v) is 14.7. The maximum absolute atomic E-state index is 13.5. The predicted octanol–water partition coefficient (Wildman–Crippen LogP) is 3.48. The maximum atomic E-state index is 13.5. The summed E-state index contributed by atoms with van der Waals surface area (Å²) in [6.07, 6.45) is -0.290. The van der Waals surface area contributed by atoms with Crippen molar-refractivity contribution in [2.45, 2.75) is 56.3 Å². The van der Waals surface area contributed by atoms with Crippen LogP contribution in [0.4, 0.5) is 23.7 Å². The molecule has 12 nitrogen and oxygen atoms in total. The van der Waals surface area contributed by atoms with Crippen molar-refractivity contribution in [2.75, 3.05) is 31.5 Å². The van der Waals surface area contributed by atoms with Crippen molar-refractivity contribution in [3.05, 3.63) is 63.5 Å². The number of hydrogen-bond donors (Lipinski definition) is 5. The zero-order valence-corrected chi connectivity index (χ0v) is 24.3. The van der Waals surface area contributed by atoms with Gasteiger partial charge in [0.1, 0.15) is 0 Å². The predicted molar refractivity (Wildman–Crippen MR) is 153 cm³/mol. The van der Waals surface area contributed by atoms with E-state index >= 15 is 0 Å². The van der Waals surface area contributed by atoms with Gasteiger partial charge in [-0.15, -0.1) is 0 Å². The second-order valence-corrected chi connectivity index (χ2v) is 11.9. The second kappa shape index (κ2) is 11.8. The molecule has 2 saturated carbocycles. The van der Waals surface area contributed by atoms with Crippen LogP contribution in [0.15, 0.2) is 24.4 Å². The number of aromatic nitrogens is 4. The molecule has 6 N–H and O–H groups in total. The van der Waals surface area contributed by atoms with Crippen molar-refractivity contribution in [1.82, 2.24) is 35.3 Å². The molecule has 4 amide bonds. The fraction of sp³-hybridized carbons (Fsp3) is 0.464. The van der Waals surface area contributed by atoms with E-state index in [1.54, 1.807) is 9.80 Å². The Morgan fingerprint density at radius 3 is 2.43 bits per heavy atom. The van der Waals surface area contributed by atoms with Crippen LogP contribution in [0.5, 0.6) is 0 Å². The first-order chi connectivity index (χ1) is 21.0. The molecule has 6 rings (SSSR count). The van der Waals surface area contributed by atoms with E-state index in [-0.39, 0.29) is 58.3 Å². The number of nitrogens with two attached hydrogens (primary N) is 1. The number of H-pyrrole nitrogens is 2. The number of carbonyl (C=O) groups is 3. The van der Waals surface area contributed by atoms with E-state index in [4.69, 9.17) is 17.3 Å². The number of halogens is 4. The summed E-state index contributed by atoms with van der Waals surface area (Å²) in [4.78, 5) is 48.6. The summed E-state index contributed by atoms with van der Waals surface area (Å²) in [5, 5.41) is 11.8. The molecule has 44 heavy (non-hydrogen) atoms. The van der Waals surface area contributed by atoms with Crippen LogP contribution < -0.4 is 16.4 Å². The lowest BCUT2D eigenvalue weighted by atomic mass is 9.88. The Morgan fingerprint density at radius 2 is 1.80 bits per heavy atom. The minimum atomic E-state index is -4.61. The fourth-order valence-electron chi connectivity index (χ4n) is 5.54. The zero-order chi connectivity index (χ0) is 31.2. The van der Waals surface area contributed by atoms with E-state index in [9.17, 15) is 27.6 Å². The number of amides is 4. The number of hydrogen-bond acceptors (Lipinski definition) is 6. The molecule has 1 saturated heterocycles. The van der Waals surface area contributed by atoms with Crippen LogP contribution >= 0.6 is 11.6 Å². The van der Waals surface area contributed by atoms with Gasteiger partial charge in [-0.05, 0) is 43.9 Å². The minimum Gasteiger partial charge on any atom is -0.337 e. The number of aromatic amines is 2. The lowest BCUT2D eigenvalue weighted by molar-refractivity contribution is -0.141. The largest absolute Gasteiger partial charge is 0.435 e. The maximum Gasteiger partial charge on any atom is 0.435 e. The Balaban J connectivity index is 1.04. The van der Waals surface area contributed by atoms with Crippen LogP contribution in [-0.2, 0) is 12.6 Å². The molecule has 2 aromatic heterocycles. The SMILES string of the molecule is NC1CC(NC(=O)N2CCN(C(=O)c3ccc(NC(=O)c4ncc(Cc5c(C(F)(F)F)n[nH]c5C5CC5)[nH]4)cc3Cl)CC2)C1. The molecule has 1 aliphatic heterocycles. The van der Waals surface area contributed by atoms with Gasteiger partial charge >= 0.3 is 12.2 Å². The highest BCUT2D eigenvalue weighted by Crippen LogP contribution is 2.44. The van der Waals surface area contributed by atoms with Crippen molar-refractivity contribution in [3.8, 4) is 0 Å². The third-order valence-corrected chi connectivity index (χ3v) is 8.49. The highest BCUT2D eigenvalue weighted by Gasteiger charge is 2.41. The molecule has 0 radical (unpaired) electrons. The van der Waals surface area contributed by atoms with Gasteiger partial charge in [0.15, 0.2) is 11.5 Å². The summed E-state index contributed by atoms with van der Waals surface area (Å²) in [6, 6.07) is 4.53. The second-order valence-electron chi connectivity index (χ2n) is 11.5. The van der Waals surface area contributed by atoms with Crippen LogP contribution in [0.1, 0.15) is 75.2 Å². The van der Waals surface area contributed by atoms with Gasteiger partial charge in [-0.25, -0.2) is 9.78 Å². The molecule has 3 fully saturated rings. The van der Waals surface area contributed by atoms with E-state index in [1.165, 1.54) is 24.4 Å². The average Bonchev–Trinajstić information content (AvgIpc) is 3.53. The molecule has 0 unspecified atom stereocenters. The average molecular weight is 634 g/mol. The van der Waals surface area contributed by atoms with Gasteiger partial charge in [0.05, 0.1) is 10.6 Å². The van der Waals surface area contributed by atoms with Gasteiger partial charge < -0.3 is 31.2 Å².